The van der Waals surface area contributed by atoms with Gasteiger partial charge in [0, 0.05) is 4.83 Å². The van der Waals surface area contributed by atoms with Crippen LogP contribution in [0.2, 0.25) is 0 Å². The SMILES string of the molecule is BrC1CCCC1c1ccc(OC2CC2)cc1. The molecule has 2 aliphatic rings. The molecule has 0 heterocycles. The van der Waals surface area contributed by atoms with Crippen molar-refractivity contribution in [1.29, 1.82) is 0 Å². The van der Waals surface area contributed by atoms with E-state index < -0.39 is 0 Å². The van der Waals surface area contributed by atoms with Gasteiger partial charge in [-0.2, -0.15) is 0 Å². The minimum absolute atomic E-state index is 0.501. The van der Waals surface area contributed by atoms with Gasteiger partial charge in [0.05, 0.1) is 6.10 Å². The third-order valence-electron chi connectivity index (χ3n) is 3.57. The van der Waals surface area contributed by atoms with Crippen LogP contribution in [0.25, 0.3) is 0 Å². The molecule has 2 unspecified atom stereocenters. The molecule has 1 nitrogen and oxygen atoms in total. The first-order valence-electron chi connectivity index (χ1n) is 6.23. The quantitative estimate of drug-likeness (QED) is 0.752. The lowest BCUT2D eigenvalue weighted by atomic mass is 9.98. The molecular formula is C14H17BrO. The molecule has 2 fully saturated rings. The van der Waals surface area contributed by atoms with Gasteiger partial charge in [0.15, 0.2) is 0 Å². The lowest BCUT2D eigenvalue weighted by molar-refractivity contribution is 0.303. The summed E-state index contributed by atoms with van der Waals surface area (Å²) in [6, 6.07) is 8.74. The first kappa shape index (κ1) is 10.6. The summed E-state index contributed by atoms with van der Waals surface area (Å²) in [5.74, 6) is 1.74. The molecular weight excluding hydrogens is 264 g/mol. The summed E-state index contributed by atoms with van der Waals surface area (Å²) in [6.07, 6.45) is 6.94. The molecule has 2 heteroatoms. The van der Waals surface area contributed by atoms with Gasteiger partial charge in [-0.3, -0.25) is 0 Å². The Morgan fingerprint density at radius 1 is 1.00 bits per heavy atom. The van der Waals surface area contributed by atoms with Crippen molar-refractivity contribution in [3.05, 3.63) is 29.8 Å². The van der Waals surface area contributed by atoms with Crippen molar-refractivity contribution in [2.45, 2.75) is 49.0 Å². The normalized spacial score (nSPS) is 29.3. The zero-order chi connectivity index (χ0) is 11.0. The maximum atomic E-state index is 5.76. The largest absolute Gasteiger partial charge is 0.490 e. The smallest absolute Gasteiger partial charge is 0.119 e. The Kier molecular flexibility index (Phi) is 2.93. The molecule has 0 radical (unpaired) electrons. The van der Waals surface area contributed by atoms with Crippen molar-refractivity contribution in [3.63, 3.8) is 0 Å². The van der Waals surface area contributed by atoms with E-state index in [4.69, 9.17) is 4.74 Å². The Balaban J connectivity index is 1.70. The van der Waals surface area contributed by atoms with Crippen molar-refractivity contribution in [2.24, 2.45) is 0 Å². The van der Waals surface area contributed by atoms with Crippen molar-refractivity contribution < 1.29 is 4.74 Å². The molecule has 0 N–H and O–H groups in total. The van der Waals surface area contributed by atoms with E-state index in [0.29, 0.717) is 16.8 Å². The van der Waals surface area contributed by atoms with Gasteiger partial charge >= 0.3 is 0 Å². The van der Waals surface area contributed by atoms with Crippen LogP contribution in [-0.4, -0.2) is 10.9 Å². The summed E-state index contributed by atoms with van der Waals surface area (Å²) in [4.78, 5) is 0.669. The average molecular weight is 281 g/mol. The van der Waals surface area contributed by atoms with E-state index in [1.807, 2.05) is 0 Å². The highest BCUT2D eigenvalue weighted by Gasteiger charge is 2.27. The molecule has 2 aliphatic carbocycles. The van der Waals surface area contributed by atoms with Crippen LogP contribution in [0.3, 0.4) is 0 Å². The second-order valence-electron chi connectivity index (χ2n) is 4.94. The highest BCUT2D eigenvalue weighted by atomic mass is 79.9. The second-order valence-corrected chi connectivity index (χ2v) is 6.12. The van der Waals surface area contributed by atoms with Crippen LogP contribution in [0.1, 0.15) is 43.6 Å². The van der Waals surface area contributed by atoms with E-state index in [2.05, 4.69) is 40.2 Å². The Morgan fingerprint density at radius 3 is 2.31 bits per heavy atom. The summed E-state index contributed by atoms with van der Waals surface area (Å²) in [7, 11) is 0. The number of ether oxygens (including phenoxy) is 1. The van der Waals surface area contributed by atoms with Gasteiger partial charge in [0.1, 0.15) is 5.75 Å². The van der Waals surface area contributed by atoms with Crippen LogP contribution < -0.4 is 4.74 Å². The molecule has 0 bridgehead atoms. The predicted molar refractivity (Wildman–Crippen MR) is 69.4 cm³/mol. The number of alkyl halides is 1. The minimum atomic E-state index is 0.501. The number of halogens is 1. The molecule has 86 valence electrons. The molecule has 1 aromatic carbocycles. The van der Waals surface area contributed by atoms with Gasteiger partial charge < -0.3 is 4.74 Å². The van der Waals surface area contributed by atoms with Crippen LogP contribution in [0, 0.1) is 0 Å². The van der Waals surface area contributed by atoms with Gasteiger partial charge in [-0.15, -0.1) is 0 Å². The van der Waals surface area contributed by atoms with Crippen LogP contribution in [0.4, 0.5) is 0 Å². The minimum Gasteiger partial charge on any atom is -0.490 e. The maximum Gasteiger partial charge on any atom is 0.119 e. The van der Waals surface area contributed by atoms with E-state index in [9.17, 15) is 0 Å². The Bertz CT molecular complexity index is 356. The highest BCUT2D eigenvalue weighted by Crippen LogP contribution is 2.39. The lowest BCUT2D eigenvalue weighted by Gasteiger charge is -2.14. The number of hydrogen-bond acceptors (Lipinski definition) is 1. The first-order chi connectivity index (χ1) is 7.83. The van der Waals surface area contributed by atoms with E-state index in [0.717, 1.165) is 5.75 Å². The van der Waals surface area contributed by atoms with Crippen molar-refractivity contribution in [3.8, 4) is 5.75 Å². The van der Waals surface area contributed by atoms with Gasteiger partial charge in [-0.25, -0.2) is 0 Å². The zero-order valence-corrected chi connectivity index (χ0v) is 10.9. The van der Waals surface area contributed by atoms with E-state index in [1.165, 1.54) is 37.7 Å². The average Bonchev–Trinajstić information content (AvgIpc) is 3.00. The standard InChI is InChI=1S/C14H17BrO/c15-14-3-1-2-13(14)10-4-6-11(7-5-10)16-12-8-9-12/h4-7,12-14H,1-3,8-9H2. The summed E-state index contributed by atoms with van der Waals surface area (Å²) in [6.45, 7) is 0. The number of benzene rings is 1. The molecule has 1 aromatic rings. The summed E-state index contributed by atoms with van der Waals surface area (Å²) < 4.78 is 5.76. The van der Waals surface area contributed by atoms with Gasteiger partial charge in [-0.05, 0) is 49.3 Å². The van der Waals surface area contributed by atoms with Crippen LogP contribution in [0.5, 0.6) is 5.75 Å². The van der Waals surface area contributed by atoms with Crippen LogP contribution in [-0.2, 0) is 0 Å². The Morgan fingerprint density at radius 2 is 1.75 bits per heavy atom. The van der Waals surface area contributed by atoms with E-state index >= 15 is 0 Å². The molecule has 0 spiro atoms. The number of hydrogen-bond donors (Lipinski definition) is 0. The molecule has 0 aliphatic heterocycles. The fourth-order valence-corrected chi connectivity index (χ4v) is 3.36. The predicted octanol–water partition coefficient (Wildman–Crippen LogP) is 4.26. The van der Waals surface area contributed by atoms with Crippen LogP contribution >= 0.6 is 15.9 Å². The summed E-state index contributed by atoms with van der Waals surface area (Å²) in [5.41, 5.74) is 1.46. The monoisotopic (exact) mass is 280 g/mol. The van der Waals surface area contributed by atoms with Gasteiger partial charge in [0.25, 0.3) is 0 Å². The molecule has 0 aromatic heterocycles. The highest BCUT2D eigenvalue weighted by molar-refractivity contribution is 9.09. The van der Waals surface area contributed by atoms with Gasteiger partial charge in [0.2, 0.25) is 0 Å². The molecule has 0 amide bonds. The molecule has 16 heavy (non-hydrogen) atoms. The fourth-order valence-electron chi connectivity index (χ4n) is 2.46. The Hall–Kier alpha value is -0.500. The second kappa shape index (κ2) is 4.40. The molecule has 2 atom stereocenters. The van der Waals surface area contributed by atoms with Crippen molar-refractivity contribution in [1.82, 2.24) is 0 Å². The third kappa shape index (κ3) is 2.27. The fraction of sp³-hybridized carbons (Fsp3) is 0.571. The van der Waals surface area contributed by atoms with Crippen molar-refractivity contribution >= 4 is 15.9 Å². The first-order valence-corrected chi connectivity index (χ1v) is 7.15. The lowest BCUT2D eigenvalue weighted by Crippen LogP contribution is -2.04. The summed E-state index contributed by atoms with van der Waals surface area (Å²) >= 11 is 3.78. The zero-order valence-electron chi connectivity index (χ0n) is 9.36. The van der Waals surface area contributed by atoms with Gasteiger partial charge in [-0.1, -0.05) is 34.5 Å². The Labute approximate surface area is 105 Å². The van der Waals surface area contributed by atoms with E-state index in [1.54, 1.807) is 0 Å². The topological polar surface area (TPSA) is 9.23 Å². The maximum absolute atomic E-state index is 5.76. The van der Waals surface area contributed by atoms with E-state index in [-0.39, 0.29) is 0 Å². The van der Waals surface area contributed by atoms with Crippen molar-refractivity contribution in [2.75, 3.05) is 0 Å². The molecule has 2 saturated carbocycles. The molecule has 3 rings (SSSR count). The van der Waals surface area contributed by atoms with Crippen LogP contribution in [0.15, 0.2) is 24.3 Å². The molecule has 0 saturated heterocycles. The summed E-state index contributed by atoms with van der Waals surface area (Å²) in [5, 5.41) is 0. The third-order valence-corrected chi connectivity index (χ3v) is 4.66. The number of rotatable bonds is 3.